The molecule has 0 aromatic heterocycles. The minimum atomic E-state index is -0.382. The van der Waals surface area contributed by atoms with Gasteiger partial charge in [0, 0.05) is 49.1 Å². The van der Waals surface area contributed by atoms with Gasteiger partial charge in [0.15, 0.2) is 0 Å². The van der Waals surface area contributed by atoms with E-state index in [1.165, 1.54) is 18.2 Å². The highest BCUT2D eigenvalue weighted by molar-refractivity contribution is 6.06. The number of piperidine rings is 1. The second-order valence-electron chi connectivity index (χ2n) is 8.46. The smallest absolute Gasteiger partial charge is 0.269 e. The molecule has 1 aliphatic heterocycles. The third-order valence-electron chi connectivity index (χ3n) is 6.04. The number of carbonyl (C=O) groups is 1. The Morgan fingerprint density at radius 3 is 2.42 bits per heavy atom. The SMILES string of the molecule is Cc1cccc(C(=O)N(c2ccc(F)cc2)C2CCN(Cc3cccc([N+](=O)[O-])c3)CC2)c1. The Labute approximate surface area is 192 Å². The standard InChI is InChI=1S/C26H26FN3O3/c1-19-4-2-6-21(16-19)26(31)29(23-10-8-22(27)9-11-23)24-12-14-28(15-13-24)18-20-5-3-7-25(17-20)30(32)33/h2-11,16-17,24H,12-15,18H2,1H3. The molecule has 1 amide bonds. The minimum absolute atomic E-state index is 0.0233. The summed E-state index contributed by atoms with van der Waals surface area (Å²) in [6.45, 7) is 4.08. The van der Waals surface area contributed by atoms with Gasteiger partial charge in [0.1, 0.15) is 5.82 Å². The monoisotopic (exact) mass is 447 g/mol. The zero-order valence-electron chi connectivity index (χ0n) is 18.5. The molecule has 0 radical (unpaired) electrons. The summed E-state index contributed by atoms with van der Waals surface area (Å²) in [4.78, 5) is 28.2. The highest BCUT2D eigenvalue weighted by atomic mass is 19.1. The van der Waals surface area contributed by atoms with E-state index in [-0.39, 0.29) is 28.4 Å². The van der Waals surface area contributed by atoms with Gasteiger partial charge in [0.2, 0.25) is 0 Å². The normalized spacial score (nSPS) is 14.7. The molecule has 6 nitrogen and oxygen atoms in total. The fourth-order valence-electron chi connectivity index (χ4n) is 4.37. The van der Waals surface area contributed by atoms with Gasteiger partial charge in [-0.2, -0.15) is 0 Å². The van der Waals surface area contributed by atoms with Gasteiger partial charge in [-0.1, -0.05) is 29.8 Å². The van der Waals surface area contributed by atoms with E-state index in [1.807, 2.05) is 37.3 Å². The van der Waals surface area contributed by atoms with Crippen LogP contribution in [0.25, 0.3) is 0 Å². The van der Waals surface area contributed by atoms with Crippen molar-refractivity contribution in [2.45, 2.75) is 32.4 Å². The largest absolute Gasteiger partial charge is 0.305 e. The van der Waals surface area contributed by atoms with E-state index in [1.54, 1.807) is 29.2 Å². The molecular weight excluding hydrogens is 421 g/mol. The van der Waals surface area contributed by atoms with Crippen LogP contribution >= 0.6 is 0 Å². The van der Waals surface area contributed by atoms with Crippen LogP contribution in [0.2, 0.25) is 0 Å². The van der Waals surface area contributed by atoms with E-state index in [0.717, 1.165) is 37.1 Å². The average Bonchev–Trinajstić information content (AvgIpc) is 2.81. The molecule has 0 aliphatic carbocycles. The molecule has 1 aliphatic rings. The van der Waals surface area contributed by atoms with Crippen molar-refractivity contribution in [2.75, 3.05) is 18.0 Å². The number of aryl methyl sites for hydroxylation is 1. The average molecular weight is 448 g/mol. The number of carbonyl (C=O) groups excluding carboxylic acids is 1. The van der Waals surface area contributed by atoms with Gasteiger partial charge >= 0.3 is 0 Å². The van der Waals surface area contributed by atoms with Crippen molar-refractivity contribution in [1.29, 1.82) is 0 Å². The summed E-state index contributed by atoms with van der Waals surface area (Å²) >= 11 is 0. The zero-order chi connectivity index (χ0) is 23.4. The van der Waals surface area contributed by atoms with Crippen molar-refractivity contribution in [3.63, 3.8) is 0 Å². The van der Waals surface area contributed by atoms with E-state index < -0.39 is 0 Å². The van der Waals surface area contributed by atoms with E-state index in [2.05, 4.69) is 4.90 Å². The summed E-state index contributed by atoms with van der Waals surface area (Å²) in [6.07, 6.45) is 1.51. The molecular formula is C26H26FN3O3. The Balaban J connectivity index is 1.50. The van der Waals surface area contributed by atoms with E-state index >= 15 is 0 Å². The van der Waals surface area contributed by atoms with Crippen LogP contribution in [0.1, 0.15) is 34.3 Å². The van der Waals surface area contributed by atoms with Gasteiger partial charge in [0.25, 0.3) is 11.6 Å². The van der Waals surface area contributed by atoms with Gasteiger partial charge in [0.05, 0.1) is 4.92 Å². The fourth-order valence-corrected chi connectivity index (χ4v) is 4.37. The molecule has 0 unspecified atom stereocenters. The number of nitro groups is 1. The molecule has 1 fully saturated rings. The first-order valence-electron chi connectivity index (χ1n) is 11.0. The van der Waals surface area contributed by atoms with Gasteiger partial charge < -0.3 is 4.90 Å². The van der Waals surface area contributed by atoms with Crippen LogP contribution in [0.15, 0.2) is 72.8 Å². The number of rotatable bonds is 6. The molecule has 0 saturated carbocycles. The maximum absolute atomic E-state index is 13.6. The predicted octanol–water partition coefficient (Wildman–Crippen LogP) is 5.35. The van der Waals surface area contributed by atoms with Crippen LogP contribution in [-0.2, 0) is 6.54 Å². The Bertz CT molecular complexity index is 1140. The number of likely N-dealkylation sites (tertiary alicyclic amines) is 1. The van der Waals surface area contributed by atoms with Crippen molar-refractivity contribution in [3.8, 4) is 0 Å². The van der Waals surface area contributed by atoms with Gasteiger partial charge in [-0.15, -0.1) is 0 Å². The first kappa shape index (κ1) is 22.6. The Kier molecular flexibility index (Phi) is 6.79. The summed E-state index contributed by atoms with van der Waals surface area (Å²) < 4.78 is 13.6. The lowest BCUT2D eigenvalue weighted by molar-refractivity contribution is -0.384. The summed E-state index contributed by atoms with van der Waals surface area (Å²) in [5, 5.41) is 11.1. The molecule has 33 heavy (non-hydrogen) atoms. The van der Waals surface area contributed by atoms with E-state index in [0.29, 0.717) is 17.8 Å². The minimum Gasteiger partial charge on any atom is -0.305 e. The highest BCUT2D eigenvalue weighted by Gasteiger charge is 2.30. The number of hydrogen-bond acceptors (Lipinski definition) is 4. The number of hydrogen-bond donors (Lipinski definition) is 0. The third-order valence-corrected chi connectivity index (χ3v) is 6.04. The maximum atomic E-state index is 13.6. The second kappa shape index (κ2) is 9.92. The first-order valence-corrected chi connectivity index (χ1v) is 11.0. The van der Waals surface area contributed by atoms with Crippen molar-refractivity contribution in [3.05, 3.63) is 105 Å². The van der Waals surface area contributed by atoms with Crippen molar-refractivity contribution in [2.24, 2.45) is 0 Å². The molecule has 0 spiro atoms. The van der Waals surface area contributed by atoms with Crippen LogP contribution in [0.4, 0.5) is 15.8 Å². The molecule has 3 aromatic rings. The number of halogens is 1. The molecule has 1 heterocycles. The molecule has 170 valence electrons. The molecule has 3 aromatic carbocycles. The summed E-state index contributed by atoms with van der Waals surface area (Å²) in [7, 11) is 0. The predicted molar refractivity (Wildman–Crippen MR) is 126 cm³/mol. The Morgan fingerprint density at radius 2 is 1.76 bits per heavy atom. The van der Waals surface area contributed by atoms with Crippen molar-refractivity contribution < 1.29 is 14.1 Å². The summed E-state index contributed by atoms with van der Waals surface area (Å²) in [5.74, 6) is -0.434. The quantitative estimate of drug-likeness (QED) is 0.377. The lowest BCUT2D eigenvalue weighted by Crippen LogP contribution is -2.47. The number of benzene rings is 3. The lowest BCUT2D eigenvalue weighted by Gasteiger charge is -2.38. The van der Waals surface area contributed by atoms with E-state index in [4.69, 9.17) is 0 Å². The molecule has 4 rings (SSSR count). The number of nitro benzene ring substituents is 1. The van der Waals surface area contributed by atoms with Gasteiger partial charge in [-0.25, -0.2) is 4.39 Å². The summed E-state index contributed by atoms with van der Waals surface area (Å²) in [6, 6.07) is 20.2. The number of amides is 1. The van der Waals surface area contributed by atoms with Crippen molar-refractivity contribution in [1.82, 2.24) is 4.90 Å². The van der Waals surface area contributed by atoms with Crippen LogP contribution in [0, 0.1) is 22.9 Å². The topological polar surface area (TPSA) is 66.7 Å². The van der Waals surface area contributed by atoms with Crippen LogP contribution in [-0.4, -0.2) is 34.9 Å². The lowest BCUT2D eigenvalue weighted by atomic mass is 9.99. The van der Waals surface area contributed by atoms with Crippen LogP contribution < -0.4 is 4.90 Å². The molecule has 1 saturated heterocycles. The van der Waals surface area contributed by atoms with Crippen molar-refractivity contribution >= 4 is 17.3 Å². The number of anilines is 1. The molecule has 0 atom stereocenters. The molecule has 0 N–H and O–H groups in total. The van der Waals surface area contributed by atoms with Gasteiger partial charge in [-0.3, -0.25) is 19.8 Å². The molecule has 0 bridgehead atoms. The zero-order valence-corrected chi connectivity index (χ0v) is 18.5. The third kappa shape index (κ3) is 5.43. The number of non-ortho nitro benzene ring substituents is 1. The molecule has 7 heteroatoms. The first-order chi connectivity index (χ1) is 15.9. The van der Waals surface area contributed by atoms with Crippen LogP contribution in [0.3, 0.4) is 0 Å². The highest BCUT2D eigenvalue weighted by Crippen LogP contribution is 2.27. The Morgan fingerprint density at radius 1 is 1.06 bits per heavy atom. The summed E-state index contributed by atoms with van der Waals surface area (Å²) in [5.41, 5.74) is 3.28. The van der Waals surface area contributed by atoms with Gasteiger partial charge in [-0.05, 0) is 61.7 Å². The van der Waals surface area contributed by atoms with E-state index in [9.17, 15) is 19.3 Å². The maximum Gasteiger partial charge on any atom is 0.269 e. The Hall–Kier alpha value is -3.58. The fraction of sp³-hybridized carbons (Fsp3) is 0.269. The van der Waals surface area contributed by atoms with Crippen LogP contribution in [0.5, 0.6) is 0 Å². The number of nitrogens with zero attached hydrogens (tertiary/aromatic N) is 3. The second-order valence-corrected chi connectivity index (χ2v) is 8.46.